The fourth-order valence-corrected chi connectivity index (χ4v) is 1.59. The second-order valence-electron chi connectivity index (χ2n) is 4.08. The Kier molecular flexibility index (Phi) is 10.3. The summed E-state index contributed by atoms with van der Waals surface area (Å²) >= 11 is 0. The Bertz CT molecular complexity index is 243. The third kappa shape index (κ3) is 8.06. The maximum atomic E-state index is 11.8. The second kappa shape index (κ2) is 11.0. The molecule has 0 bridgehead atoms. The third-order valence-electron chi connectivity index (χ3n) is 2.54. The van der Waals surface area contributed by atoms with Gasteiger partial charge in [0.05, 0.1) is 13.0 Å². The Morgan fingerprint density at radius 2 is 1.83 bits per heavy atom. The van der Waals surface area contributed by atoms with Crippen molar-refractivity contribution in [2.24, 2.45) is 0 Å². The Labute approximate surface area is 109 Å². The van der Waals surface area contributed by atoms with Gasteiger partial charge < -0.3 is 14.4 Å². The zero-order valence-corrected chi connectivity index (χ0v) is 11.7. The summed E-state index contributed by atoms with van der Waals surface area (Å²) in [5, 5.41) is 0. The van der Waals surface area contributed by atoms with Crippen LogP contribution >= 0.6 is 0 Å². The molecule has 0 saturated heterocycles. The fourth-order valence-electron chi connectivity index (χ4n) is 1.59. The largest absolute Gasteiger partial charge is 0.466 e. The molecule has 0 rings (SSSR count). The molecule has 0 aliphatic carbocycles. The van der Waals surface area contributed by atoms with Crippen molar-refractivity contribution in [1.82, 2.24) is 4.90 Å². The lowest BCUT2D eigenvalue weighted by Gasteiger charge is -2.21. The van der Waals surface area contributed by atoms with E-state index < -0.39 is 0 Å². The summed E-state index contributed by atoms with van der Waals surface area (Å²) in [5.74, 6) is -0.332. The minimum atomic E-state index is -0.261. The molecule has 0 aromatic rings. The molecule has 0 aromatic heterocycles. The van der Waals surface area contributed by atoms with E-state index in [4.69, 9.17) is 9.47 Å². The molecule has 0 spiro atoms. The molecule has 0 atom stereocenters. The van der Waals surface area contributed by atoms with Gasteiger partial charge in [-0.05, 0) is 13.3 Å². The van der Waals surface area contributed by atoms with E-state index in [1.807, 2.05) is 0 Å². The molecule has 0 fully saturated rings. The first-order valence-corrected chi connectivity index (χ1v) is 6.58. The van der Waals surface area contributed by atoms with Gasteiger partial charge in [0.1, 0.15) is 6.61 Å². The molecule has 0 radical (unpaired) electrons. The number of unbranched alkanes of at least 4 members (excludes halogenated alkanes) is 2. The van der Waals surface area contributed by atoms with Crippen LogP contribution in [0.4, 0.5) is 0 Å². The number of carbonyl (C=O) groups excluding carboxylic acids is 2. The van der Waals surface area contributed by atoms with Gasteiger partial charge in [0, 0.05) is 20.2 Å². The summed E-state index contributed by atoms with van der Waals surface area (Å²) < 4.78 is 9.69. The first-order valence-electron chi connectivity index (χ1n) is 6.58. The molecule has 0 saturated carbocycles. The maximum absolute atomic E-state index is 11.8. The van der Waals surface area contributed by atoms with Crippen molar-refractivity contribution < 1.29 is 19.1 Å². The van der Waals surface area contributed by atoms with E-state index in [-0.39, 0.29) is 24.9 Å². The van der Waals surface area contributed by atoms with Crippen LogP contribution < -0.4 is 0 Å². The van der Waals surface area contributed by atoms with E-state index in [0.29, 0.717) is 19.7 Å². The molecule has 0 aliphatic rings. The zero-order chi connectivity index (χ0) is 13.8. The standard InChI is InChI=1S/C13H25NO4/c1-4-6-7-9-14(12(15)11-17-3)10-8-13(16)18-5-2/h4-11H2,1-3H3. The lowest BCUT2D eigenvalue weighted by Crippen LogP contribution is -2.36. The number of methoxy groups -OCH3 is 1. The van der Waals surface area contributed by atoms with Crippen LogP contribution in [0.1, 0.15) is 39.5 Å². The number of rotatable bonds is 10. The summed E-state index contributed by atoms with van der Waals surface area (Å²) in [7, 11) is 1.49. The predicted molar refractivity (Wildman–Crippen MR) is 69.2 cm³/mol. The van der Waals surface area contributed by atoms with Crippen LogP contribution in [0.5, 0.6) is 0 Å². The molecule has 0 heterocycles. The van der Waals surface area contributed by atoms with Crippen LogP contribution in [0.15, 0.2) is 0 Å². The third-order valence-corrected chi connectivity index (χ3v) is 2.54. The van der Waals surface area contributed by atoms with Crippen molar-refractivity contribution >= 4 is 11.9 Å². The minimum absolute atomic E-state index is 0.0644. The van der Waals surface area contributed by atoms with Gasteiger partial charge in [0.2, 0.25) is 5.91 Å². The SMILES string of the molecule is CCCCCN(CCC(=O)OCC)C(=O)COC. The lowest BCUT2D eigenvalue weighted by atomic mass is 10.2. The number of nitrogens with zero attached hydrogens (tertiary/aromatic N) is 1. The minimum Gasteiger partial charge on any atom is -0.466 e. The van der Waals surface area contributed by atoms with E-state index in [0.717, 1.165) is 19.3 Å². The Morgan fingerprint density at radius 3 is 2.39 bits per heavy atom. The molecule has 0 aromatic carbocycles. The first-order chi connectivity index (χ1) is 8.65. The van der Waals surface area contributed by atoms with Crippen molar-refractivity contribution in [2.45, 2.75) is 39.5 Å². The Morgan fingerprint density at radius 1 is 1.11 bits per heavy atom. The van der Waals surface area contributed by atoms with Gasteiger partial charge in [-0.3, -0.25) is 9.59 Å². The first kappa shape index (κ1) is 16.9. The van der Waals surface area contributed by atoms with Gasteiger partial charge in [-0.25, -0.2) is 0 Å². The maximum Gasteiger partial charge on any atom is 0.307 e. The van der Waals surface area contributed by atoms with E-state index in [1.165, 1.54) is 7.11 Å². The van der Waals surface area contributed by atoms with Crippen molar-refractivity contribution in [2.75, 3.05) is 33.4 Å². The average Bonchev–Trinajstić information content (AvgIpc) is 2.34. The van der Waals surface area contributed by atoms with Gasteiger partial charge in [-0.15, -0.1) is 0 Å². The summed E-state index contributed by atoms with van der Waals surface area (Å²) in [4.78, 5) is 24.7. The number of carbonyl (C=O) groups is 2. The Hall–Kier alpha value is -1.10. The average molecular weight is 259 g/mol. The number of esters is 1. The molecule has 0 aliphatic heterocycles. The topological polar surface area (TPSA) is 55.8 Å². The van der Waals surface area contributed by atoms with E-state index in [2.05, 4.69) is 6.92 Å². The second-order valence-corrected chi connectivity index (χ2v) is 4.08. The zero-order valence-electron chi connectivity index (χ0n) is 11.7. The normalized spacial score (nSPS) is 10.2. The molecular formula is C13H25NO4. The van der Waals surface area contributed by atoms with Crippen molar-refractivity contribution in [3.8, 4) is 0 Å². The summed E-state index contributed by atoms with van der Waals surface area (Å²) in [6, 6.07) is 0. The molecule has 0 unspecified atom stereocenters. The monoisotopic (exact) mass is 259 g/mol. The highest BCUT2D eigenvalue weighted by Gasteiger charge is 2.14. The van der Waals surface area contributed by atoms with Gasteiger partial charge in [0.15, 0.2) is 0 Å². The molecule has 18 heavy (non-hydrogen) atoms. The van der Waals surface area contributed by atoms with Crippen LogP contribution in [0.2, 0.25) is 0 Å². The molecule has 5 nitrogen and oxygen atoms in total. The van der Waals surface area contributed by atoms with Crippen LogP contribution in [-0.4, -0.2) is 50.2 Å². The van der Waals surface area contributed by atoms with Crippen molar-refractivity contribution in [3.63, 3.8) is 0 Å². The highest BCUT2D eigenvalue weighted by molar-refractivity contribution is 5.78. The van der Waals surface area contributed by atoms with Gasteiger partial charge in [0.25, 0.3) is 0 Å². The summed E-state index contributed by atoms with van der Waals surface area (Å²) in [5.41, 5.74) is 0. The highest BCUT2D eigenvalue weighted by atomic mass is 16.5. The van der Waals surface area contributed by atoms with Gasteiger partial charge in [-0.2, -0.15) is 0 Å². The quantitative estimate of drug-likeness (QED) is 0.442. The van der Waals surface area contributed by atoms with E-state index in [1.54, 1.807) is 11.8 Å². The van der Waals surface area contributed by atoms with E-state index in [9.17, 15) is 9.59 Å². The number of hydrogen-bond donors (Lipinski definition) is 0. The predicted octanol–water partition coefficient (Wildman–Crippen LogP) is 1.60. The summed E-state index contributed by atoms with van der Waals surface area (Å²) in [6.07, 6.45) is 3.38. The molecule has 1 amide bonds. The lowest BCUT2D eigenvalue weighted by molar-refractivity contribution is -0.144. The smallest absolute Gasteiger partial charge is 0.307 e. The van der Waals surface area contributed by atoms with Crippen molar-refractivity contribution in [1.29, 1.82) is 0 Å². The number of hydrogen-bond acceptors (Lipinski definition) is 4. The number of amides is 1. The van der Waals surface area contributed by atoms with Gasteiger partial charge >= 0.3 is 5.97 Å². The van der Waals surface area contributed by atoms with Crippen LogP contribution in [0.3, 0.4) is 0 Å². The summed E-state index contributed by atoms with van der Waals surface area (Å²) in [6.45, 7) is 5.41. The highest BCUT2D eigenvalue weighted by Crippen LogP contribution is 2.01. The molecule has 5 heteroatoms. The molecular weight excluding hydrogens is 234 g/mol. The van der Waals surface area contributed by atoms with Crippen molar-refractivity contribution in [3.05, 3.63) is 0 Å². The van der Waals surface area contributed by atoms with Crippen LogP contribution in [0.25, 0.3) is 0 Å². The molecule has 0 N–H and O–H groups in total. The van der Waals surface area contributed by atoms with E-state index >= 15 is 0 Å². The fraction of sp³-hybridized carbons (Fsp3) is 0.846. The van der Waals surface area contributed by atoms with Gasteiger partial charge in [-0.1, -0.05) is 19.8 Å². The van der Waals surface area contributed by atoms with Crippen LogP contribution in [0, 0.1) is 0 Å². The van der Waals surface area contributed by atoms with Crippen LogP contribution in [-0.2, 0) is 19.1 Å². The Balaban J connectivity index is 4.10. The number of ether oxygens (including phenoxy) is 2. The molecule has 106 valence electrons.